The summed E-state index contributed by atoms with van der Waals surface area (Å²) in [6, 6.07) is 20.9. The fraction of sp³-hybridized carbons (Fsp3) is 0.143. The Kier molecular flexibility index (Phi) is 4.69. The summed E-state index contributed by atoms with van der Waals surface area (Å²) in [5.41, 5.74) is 4.16. The van der Waals surface area contributed by atoms with Crippen molar-refractivity contribution < 1.29 is 9.84 Å². The molecule has 1 N–H and O–H groups in total. The number of halogens is 1. The first-order chi connectivity index (χ1) is 12.7. The van der Waals surface area contributed by atoms with Gasteiger partial charge >= 0.3 is 0 Å². The summed E-state index contributed by atoms with van der Waals surface area (Å²) in [5.74, 6) is 0.631. The molecule has 0 saturated heterocycles. The van der Waals surface area contributed by atoms with E-state index >= 15 is 0 Å². The lowest BCUT2D eigenvalue weighted by Gasteiger charge is -2.16. The molecule has 0 amide bonds. The largest absolute Gasteiger partial charge is 0.493 e. The zero-order valence-corrected chi connectivity index (χ0v) is 14.7. The summed E-state index contributed by atoms with van der Waals surface area (Å²) in [4.78, 5) is 9.23. The topological polar surface area (TPSA) is 55.2 Å². The van der Waals surface area contributed by atoms with Crippen molar-refractivity contribution in [3.63, 3.8) is 0 Å². The van der Waals surface area contributed by atoms with E-state index in [9.17, 15) is 5.11 Å². The van der Waals surface area contributed by atoms with Crippen LogP contribution in [0, 0.1) is 0 Å². The second kappa shape index (κ2) is 7.28. The number of fused-ring (bicyclic) bond motifs is 2. The molecule has 3 aromatic carbocycles. The molecule has 1 aromatic heterocycles. The van der Waals surface area contributed by atoms with E-state index in [0.29, 0.717) is 17.4 Å². The third-order valence-electron chi connectivity index (χ3n) is 4.31. The fourth-order valence-corrected chi connectivity index (χ4v) is 3.06. The molecule has 0 aliphatic rings. The first-order valence-corrected chi connectivity index (χ1v) is 8.76. The average Bonchev–Trinajstić information content (AvgIpc) is 2.67. The zero-order valence-electron chi connectivity index (χ0n) is 14.0. The maximum Gasteiger partial charge on any atom is 0.121 e. The van der Waals surface area contributed by atoms with Gasteiger partial charge in [0.1, 0.15) is 5.75 Å². The summed E-state index contributed by atoms with van der Waals surface area (Å²) < 4.78 is 5.90. The second-order valence-electron chi connectivity index (χ2n) is 6.11. The third-order valence-corrected chi connectivity index (χ3v) is 4.54. The van der Waals surface area contributed by atoms with Gasteiger partial charge in [0.25, 0.3) is 0 Å². The van der Waals surface area contributed by atoms with E-state index in [1.807, 2.05) is 54.6 Å². The molecule has 1 atom stereocenters. The number of ether oxygens (including phenoxy) is 1. The van der Waals surface area contributed by atoms with Gasteiger partial charge in [-0.1, -0.05) is 41.9 Å². The van der Waals surface area contributed by atoms with Gasteiger partial charge < -0.3 is 9.84 Å². The van der Waals surface area contributed by atoms with E-state index in [-0.39, 0.29) is 12.5 Å². The van der Waals surface area contributed by atoms with Crippen molar-refractivity contribution >= 4 is 33.7 Å². The first kappa shape index (κ1) is 16.8. The summed E-state index contributed by atoms with van der Waals surface area (Å²) in [6.07, 6.45) is 0. The Hall–Kier alpha value is -2.69. The zero-order chi connectivity index (χ0) is 17.9. The molecule has 0 aliphatic heterocycles. The highest BCUT2D eigenvalue weighted by molar-refractivity contribution is 6.31. The van der Waals surface area contributed by atoms with Crippen LogP contribution in [-0.4, -0.2) is 28.3 Å². The number of benzene rings is 3. The number of hydrogen-bond acceptors (Lipinski definition) is 4. The van der Waals surface area contributed by atoms with Crippen LogP contribution in [0.15, 0.2) is 66.7 Å². The van der Waals surface area contributed by atoms with E-state index in [4.69, 9.17) is 16.3 Å². The van der Waals surface area contributed by atoms with E-state index in [1.165, 1.54) is 0 Å². The van der Waals surface area contributed by atoms with Gasteiger partial charge in [0.15, 0.2) is 0 Å². The first-order valence-electron chi connectivity index (χ1n) is 8.38. The van der Waals surface area contributed by atoms with Crippen LogP contribution in [-0.2, 0) is 0 Å². The van der Waals surface area contributed by atoms with Crippen LogP contribution in [0.4, 0.5) is 0 Å². The number of aliphatic hydroxyl groups excluding tert-OH is 1. The fourth-order valence-electron chi connectivity index (χ4n) is 2.89. The number of nitrogens with zero attached hydrogens (tertiary/aromatic N) is 2. The van der Waals surface area contributed by atoms with Crippen molar-refractivity contribution in [3.8, 4) is 5.75 Å². The molecular formula is C21H17ClN2O2. The van der Waals surface area contributed by atoms with Gasteiger partial charge in [0.05, 0.1) is 35.3 Å². The van der Waals surface area contributed by atoms with Crippen LogP contribution in [0.5, 0.6) is 5.75 Å². The summed E-state index contributed by atoms with van der Waals surface area (Å²) in [6.45, 7) is 0.422. The second-order valence-corrected chi connectivity index (χ2v) is 6.54. The molecule has 4 aromatic rings. The summed E-state index contributed by atoms with van der Waals surface area (Å²) >= 11 is 6.02. The number of rotatable bonds is 5. The highest BCUT2D eigenvalue weighted by Gasteiger charge is 2.11. The molecule has 1 unspecified atom stereocenters. The van der Waals surface area contributed by atoms with Crippen LogP contribution < -0.4 is 4.74 Å². The van der Waals surface area contributed by atoms with Crippen LogP contribution in [0.1, 0.15) is 11.5 Å². The minimum absolute atomic E-state index is 0.0306. The van der Waals surface area contributed by atoms with Gasteiger partial charge in [0.2, 0.25) is 0 Å². The van der Waals surface area contributed by atoms with E-state index in [2.05, 4.69) is 9.97 Å². The van der Waals surface area contributed by atoms with Crippen LogP contribution >= 0.6 is 11.6 Å². The molecule has 0 aliphatic carbocycles. The number of aliphatic hydroxyl groups is 1. The molecule has 0 spiro atoms. The Morgan fingerprint density at radius 1 is 0.846 bits per heavy atom. The van der Waals surface area contributed by atoms with Gasteiger partial charge in [-0.3, -0.25) is 0 Å². The van der Waals surface area contributed by atoms with Gasteiger partial charge in [-0.05, 0) is 35.9 Å². The Morgan fingerprint density at radius 3 is 2.27 bits per heavy atom. The average molecular weight is 365 g/mol. The molecular weight excluding hydrogens is 348 g/mol. The molecule has 1 heterocycles. The maximum atomic E-state index is 9.66. The standard InChI is InChI=1S/C21H17ClN2O2/c22-16-6-8-18-20(10-16)23-19-9-7-17(11-21(19)24-18)26-13-15(12-25)14-4-2-1-3-5-14/h1-11,15,25H,12-13H2. The van der Waals surface area contributed by atoms with E-state index < -0.39 is 0 Å². The normalized spacial score (nSPS) is 12.4. The quantitative estimate of drug-likeness (QED) is 0.526. The van der Waals surface area contributed by atoms with E-state index in [1.54, 1.807) is 12.1 Å². The van der Waals surface area contributed by atoms with Gasteiger partial charge in [-0.2, -0.15) is 0 Å². The van der Waals surface area contributed by atoms with Gasteiger partial charge in [0, 0.05) is 17.0 Å². The molecule has 5 heteroatoms. The molecule has 0 fully saturated rings. The van der Waals surface area contributed by atoms with Gasteiger partial charge in [-0.15, -0.1) is 0 Å². The van der Waals surface area contributed by atoms with Crippen LogP contribution in [0.25, 0.3) is 22.1 Å². The van der Waals surface area contributed by atoms with Crippen LogP contribution in [0.3, 0.4) is 0 Å². The maximum absolute atomic E-state index is 9.66. The SMILES string of the molecule is OCC(COc1ccc2nc3cc(Cl)ccc3nc2c1)c1ccccc1. The van der Waals surface area contributed by atoms with Crippen molar-refractivity contribution in [2.75, 3.05) is 13.2 Å². The van der Waals surface area contributed by atoms with E-state index in [0.717, 1.165) is 27.6 Å². The van der Waals surface area contributed by atoms with Crippen LogP contribution in [0.2, 0.25) is 5.02 Å². The summed E-state index contributed by atoms with van der Waals surface area (Å²) in [7, 11) is 0. The molecule has 0 radical (unpaired) electrons. The Balaban J connectivity index is 1.58. The Labute approximate surface area is 156 Å². The molecule has 4 nitrogen and oxygen atoms in total. The summed E-state index contributed by atoms with van der Waals surface area (Å²) in [5, 5.41) is 10.3. The van der Waals surface area contributed by atoms with Crippen molar-refractivity contribution in [2.24, 2.45) is 0 Å². The van der Waals surface area contributed by atoms with Crippen molar-refractivity contribution in [3.05, 3.63) is 77.3 Å². The Bertz CT molecular complexity index is 1050. The van der Waals surface area contributed by atoms with Crippen molar-refractivity contribution in [1.29, 1.82) is 0 Å². The third kappa shape index (κ3) is 3.47. The highest BCUT2D eigenvalue weighted by atomic mass is 35.5. The molecule has 4 rings (SSSR count). The number of hydrogen-bond donors (Lipinski definition) is 1. The minimum atomic E-state index is -0.0725. The monoisotopic (exact) mass is 364 g/mol. The molecule has 0 bridgehead atoms. The lowest BCUT2D eigenvalue weighted by atomic mass is 10.0. The molecule has 26 heavy (non-hydrogen) atoms. The van der Waals surface area contributed by atoms with Crippen molar-refractivity contribution in [2.45, 2.75) is 5.92 Å². The van der Waals surface area contributed by atoms with Crippen molar-refractivity contribution in [1.82, 2.24) is 9.97 Å². The molecule has 0 saturated carbocycles. The predicted molar refractivity (Wildman–Crippen MR) is 104 cm³/mol. The lowest BCUT2D eigenvalue weighted by Crippen LogP contribution is -2.14. The number of aromatic nitrogens is 2. The molecule has 130 valence electrons. The Morgan fingerprint density at radius 2 is 1.54 bits per heavy atom. The smallest absolute Gasteiger partial charge is 0.121 e. The van der Waals surface area contributed by atoms with Gasteiger partial charge in [-0.25, -0.2) is 9.97 Å². The lowest BCUT2D eigenvalue weighted by molar-refractivity contribution is 0.205. The highest BCUT2D eigenvalue weighted by Crippen LogP contribution is 2.24. The predicted octanol–water partition coefficient (Wildman–Crippen LogP) is 4.59. The minimum Gasteiger partial charge on any atom is -0.493 e.